The van der Waals surface area contributed by atoms with Gasteiger partial charge in [0.2, 0.25) is 11.9 Å². The van der Waals surface area contributed by atoms with Crippen molar-refractivity contribution in [2.75, 3.05) is 12.3 Å². The quantitative estimate of drug-likeness (QED) is 0.676. The average Bonchev–Trinajstić information content (AvgIpc) is 2.48. The Morgan fingerprint density at radius 3 is 2.93 bits per heavy atom. The number of nitrogens with one attached hydrogen (secondary N) is 1. The van der Waals surface area contributed by atoms with Gasteiger partial charge in [-0.15, -0.1) is 5.10 Å². The van der Waals surface area contributed by atoms with Gasteiger partial charge in [0.25, 0.3) is 6.43 Å². The summed E-state index contributed by atoms with van der Waals surface area (Å²) < 4.78 is 24.5. The second kappa shape index (κ2) is 4.49. The van der Waals surface area contributed by atoms with E-state index >= 15 is 0 Å². The number of nitrogens with zero attached hydrogens (tertiary/aromatic N) is 3. The molecule has 0 fully saturated rings. The van der Waals surface area contributed by atoms with Gasteiger partial charge in [-0.2, -0.15) is 0 Å². The summed E-state index contributed by atoms with van der Waals surface area (Å²) in [6.07, 6.45) is -1.31. The van der Waals surface area contributed by atoms with Gasteiger partial charge in [-0.1, -0.05) is 0 Å². The van der Waals surface area contributed by atoms with E-state index in [2.05, 4.69) is 10.1 Å². The molecule has 0 aromatic carbocycles. The topological polar surface area (TPSA) is 85.8 Å². The number of hydrogen-bond donors (Lipinski definition) is 2. The van der Waals surface area contributed by atoms with Gasteiger partial charge < -0.3 is 11.1 Å². The van der Waals surface area contributed by atoms with E-state index in [1.807, 2.05) is 5.32 Å². The van der Waals surface area contributed by atoms with Crippen LogP contribution in [0, 0.1) is 0 Å². The summed E-state index contributed by atoms with van der Waals surface area (Å²) in [4.78, 5) is 14.5. The lowest BCUT2D eigenvalue weighted by atomic mass is 10.5. The Morgan fingerprint density at radius 2 is 2.43 bits per heavy atom. The molecule has 0 saturated heterocycles. The number of rotatable bonds is 4. The number of aromatic nitrogens is 3. The highest BCUT2D eigenvalue weighted by Crippen LogP contribution is 1.90. The molecule has 1 heterocycles. The summed E-state index contributed by atoms with van der Waals surface area (Å²) in [6, 6.07) is 0. The van der Waals surface area contributed by atoms with Crippen molar-refractivity contribution < 1.29 is 13.6 Å². The van der Waals surface area contributed by atoms with Gasteiger partial charge in [0.15, 0.2) is 0 Å². The van der Waals surface area contributed by atoms with Crippen LogP contribution in [0.25, 0.3) is 0 Å². The molecule has 1 aromatic rings. The van der Waals surface area contributed by atoms with Crippen molar-refractivity contribution in [3.8, 4) is 0 Å². The van der Waals surface area contributed by atoms with Gasteiger partial charge in [0.05, 0.1) is 6.54 Å². The Hall–Kier alpha value is -1.73. The third-order valence-electron chi connectivity index (χ3n) is 1.31. The van der Waals surface area contributed by atoms with Crippen molar-refractivity contribution in [2.24, 2.45) is 0 Å². The number of hydrogen-bond acceptors (Lipinski definition) is 4. The molecule has 0 saturated carbocycles. The summed E-state index contributed by atoms with van der Waals surface area (Å²) in [5.74, 6) is -0.526. The zero-order valence-electron chi connectivity index (χ0n) is 7.15. The largest absolute Gasteiger partial charge is 0.367 e. The van der Waals surface area contributed by atoms with Gasteiger partial charge in [0.1, 0.15) is 12.9 Å². The van der Waals surface area contributed by atoms with Crippen LogP contribution in [0.2, 0.25) is 0 Å². The predicted molar refractivity (Wildman–Crippen MR) is 43.4 cm³/mol. The first kappa shape index (κ1) is 10.4. The highest BCUT2D eigenvalue weighted by atomic mass is 19.3. The second-order valence-corrected chi connectivity index (χ2v) is 2.50. The summed E-state index contributed by atoms with van der Waals surface area (Å²) in [6.45, 7) is -0.833. The molecular weight excluding hydrogens is 196 g/mol. The van der Waals surface area contributed by atoms with Crippen molar-refractivity contribution in [2.45, 2.75) is 13.0 Å². The fourth-order valence-electron chi connectivity index (χ4n) is 0.779. The van der Waals surface area contributed by atoms with Crippen LogP contribution in [0.3, 0.4) is 0 Å². The molecule has 14 heavy (non-hydrogen) atoms. The number of nitrogens with two attached hydrogens (primary N) is 1. The number of carbonyl (C=O) groups is 1. The highest BCUT2D eigenvalue weighted by Gasteiger charge is 2.07. The van der Waals surface area contributed by atoms with Crippen LogP contribution >= 0.6 is 0 Å². The number of halogens is 2. The number of amides is 1. The minimum absolute atomic E-state index is 0.0339. The summed E-state index contributed by atoms with van der Waals surface area (Å²) in [7, 11) is 0. The lowest BCUT2D eigenvalue weighted by molar-refractivity contribution is -0.122. The molecule has 6 nitrogen and oxygen atoms in total. The van der Waals surface area contributed by atoms with E-state index in [1.54, 1.807) is 0 Å². The predicted octanol–water partition coefficient (Wildman–Crippen LogP) is -0.758. The van der Waals surface area contributed by atoms with E-state index < -0.39 is 18.9 Å². The molecule has 0 aliphatic rings. The molecule has 3 N–H and O–H groups in total. The van der Waals surface area contributed by atoms with Crippen LogP contribution in [-0.2, 0) is 11.3 Å². The second-order valence-electron chi connectivity index (χ2n) is 2.50. The van der Waals surface area contributed by atoms with Crippen LogP contribution in [0.4, 0.5) is 14.7 Å². The molecule has 78 valence electrons. The standard InChI is InChI=1S/C6H9F2N5O/c7-4(8)1-10-5(14)2-13-3-11-6(9)12-13/h3-4H,1-2H2,(H2,9,12)(H,10,14). The van der Waals surface area contributed by atoms with Gasteiger partial charge in [-0.3, -0.25) is 4.79 Å². The smallest absolute Gasteiger partial charge is 0.255 e. The van der Waals surface area contributed by atoms with E-state index in [9.17, 15) is 13.6 Å². The first-order valence-electron chi connectivity index (χ1n) is 3.77. The summed E-state index contributed by atoms with van der Waals surface area (Å²) in [5.41, 5.74) is 5.18. The Balaban J connectivity index is 2.34. The van der Waals surface area contributed by atoms with Crippen LogP contribution in [0.15, 0.2) is 6.33 Å². The normalized spacial score (nSPS) is 10.5. The number of anilines is 1. The molecule has 0 atom stereocenters. The van der Waals surface area contributed by atoms with Crippen LogP contribution in [-0.4, -0.2) is 33.6 Å². The van der Waals surface area contributed by atoms with E-state index in [4.69, 9.17) is 5.73 Å². The van der Waals surface area contributed by atoms with Gasteiger partial charge in [-0.25, -0.2) is 18.4 Å². The van der Waals surface area contributed by atoms with E-state index in [1.165, 1.54) is 6.33 Å². The molecular formula is C6H9F2N5O. The zero-order valence-corrected chi connectivity index (χ0v) is 7.15. The van der Waals surface area contributed by atoms with Gasteiger partial charge in [-0.05, 0) is 0 Å². The number of carbonyl (C=O) groups excluding carboxylic acids is 1. The third kappa shape index (κ3) is 3.33. The summed E-state index contributed by atoms with van der Waals surface area (Å²) >= 11 is 0. The number of alkyl halides is 2. The number of nitrogen functional groups attached to an aromatic ring is 1. The van der Waals surface area contributed by atoms with Crippen molar-refractivity contribution in [1.82, 2.24) is 20.1 Å². The Morgan fingerprint density at radius 1 is 1.71 bits per heavy atom. The lowest BCUT2D eigenvalue weighted by Crippen LogP contribution is -2.31. The molecule has 0 aliphatic heterocycles. The van der Waals surface area contributed by atoms with Gasteiger partial charge in [0, 0.05) is 0 Å². The molecule has 0 spiro atoms. The van der Waals surface area contributed by atoms with Crippen molar-refractivity contribution in [3.05, 3.63) is 6.33 Å². The van der Waals surface area contributed by atoms with Gasteiger partial charge >= 0.3 is 0 Å². The molecule has 0 radical (unpaired) electrons. The Kier molecular flexibility index (Phi) is 3.32. The van der Waals surface area contributed by atoms with Crippen molar-refractivity contribution in [1.29, 1.82) is 0 Å². The van der Waals surface area contributed by atoms with Crippen LogP contribution in [0.1, 0.15) is 0 Å². The first-order chi connectivity index (χ1) is 6.58. The molecule has 0 unspecified atom stereocenters. The maximum atomic E-state index is 11.7. The highest BCUT2D eigenvalue weighted by molar-refractivity contribution is 5.75. The Bertz CT molecular complexity index is 313. The van der Waals surface area contributed by atoms with Crippen molar-refractivity contribution in [3.63, 3.8) is 0 Å². The van der Waals surface area contributed by atoms with E-state index in [0.717, 1.165) is 4.68 Å². The Labute approximate surface area is 78.1 Å². The van der Waals surface area contributed by atoms with Crippen LogP contribution in [0.5, 0.6) is 0 Å². The maximum absolute atomic E-state index is 11.7. The van der Waals surface area contributed by atoms with E-state index in [-0.39, 0.29) is 12.5 Å². The maximum Gasteiger partial charge on any atom is 0.255 e. The van der Waals surface area contributed by atoms with Crippen LogP contribution < -0.4 is 11.1 Å². The molecule has 0 aliphatic carbocycles. The zero-order chi connectivity index (χ0) is 10.6. The first-order valence-corrected chi connectivity index (χ1v) is 3.77. The lowest BCUT2D eigenvalue weighted by Gasteiger charge is -2.03. The third-order valence-corrected chi connectivity index (χ3v) is 1.31. The van der Waals surface area contributed by atoms with E-state index in [0.29, 0.717) is 0 Å². The minimum Gasteiger partial charge on any atom is -0.367 e. The van der Waals surface area contributed by atoms with Crippen molar-refractivity contribution >= 4 is 11.9 Å². The molecule has 1 amide bonds. The molecule has 0 bridgehead atoms. The molecule has 1 aromatic heterocycles. The fraction of sp³-hybridized carbons (Fsp3) is 0.500. The summed E-state index contributed by atoms with van der Waals surface area (Å²) in [5, 5.41) is 5.63. The SMILES string of the molecule is Nc1ncn(CC(=O)NCC(F)F)n1. The molecule has 1 rings (SSSR count). The molecule has 8 heteroatoms. The minimum atomic E-state index is -2.56. The average molecular weight is 205 g/mol. The fourth-order valence-corrected chi connectivity index (χ4v) is 0.779. The monoisotopic (exact) mass is 205 g/mol.